The molecular weight excluding hydrogens is 483 g/mol. The zero-order valence-corrected chi connectivity index (χ0v) is 20.9. The lowest BCUT2D eigenvalue weighted by molar-refractivity contribution is 0.306. The van der Waals surface area contributed by atoms with Gasteiger partial charge in [-0.05, 0) is 42.3 Å². The van der Waals surface area contributed by atoms with Gasteiger partial charge in [0.15, 0.2) is 0 Å². The van der Waals surface area contributed by atoms with E-state index in [-0.39, 0.29) is 5.56 Å². The zero-order chi connectivity index (χ0) is 24.5. The number of nitrogens with zero attached hydrogens (tertiary/aromatic N) is 3. The van der Waals surface area contributed by atoms with Gasteiger partial charge in [-0.1, -0.05) is 60.5 Å². The van der Waals surface area contributed by atoms with Crippen LogP contribution in [-0.2, 0) is 13.7 Å². The normalized spacial score (nSPS) is 11.3. The van der Waals surface area contributed by atoms with Crippen LogP contribution in [0.4, 0.5) is 0 Å². The number of rotatable bonds is 7. The summed E-state index contributed by atoms with van der Waals surface area (Å²) in [6, 6.07) is 19.2. The molecule has 6 nitrogen and oxygen atoms in total. The highest BCUT2D eigenvalue weighted by molar-refractivity contribution is 6.42. The fraction of sp³-hybridized carbons (Fsp3) is 0.185. The molecule has 0 bridgehead atoms. The monoisotopic (exact) mass is 506 g/mol. The highest BCUT2D eigenvalue weighted by Gasteiger charge is 2.18. The van der Waals surface area contributed by atoms with Gasteiger partial charge in [-0.25, -0.2) is 4.98 Å². The van der Waals surface area contributed by atoms with Crippen LogP contribution in [0.1, 0.15) is 18.9 Å². The number of nitrogens with one attached hydrogen (secondary N) is 1. The van der Waals surface area contributed by atoms with E-state index in [0.717, 1.165) is 29.4 Å². The molecule has 0 radical (unpaired) electrons. The first-order valence-corrected chi connectivity index (χ1v) is 12.1. The van der Waals surface area contributed by atoms with Gasteiger partial charge in [0, 0.05) is 30.7 Å². The van der Waals surface area contributed by atoms with Gasteiger partial charge < -0.3 is 14.7 Å². The van der Waals surface area contributed by atoms with Crippen LogP contribution in [-0.4, -0.2) is 20.8 Å². The first-order chi connectivity index (χ1) is 17.0. The van der Waals surface area contributed by atoms with Gasteiger partial charge in [-0.15, -0.1) is 0 Å². The molecule has 5 rings (SSSR count). The first-order valence-electron chi connectivity index (χ1n) is 11.4. The molecule has 5 aromatic rings. The second-order valence-electron chi connectivity index (χ2n) is 8.35. The van der Waals surface area contributed by atoms with E-state index >= 15 is 0 Å². The molecule has 0 aliphatic rings. The summed E-state index contributed by atoms with van der Waals surface area (Å²) in [5, 5.41) is 1.63. The van der Waals surface area contributed by atoms with Crippen molar-refractivity contribution in [3.8, 4) is 17.0 Å². The summed E-state index contributed by atoms with van der Waals surface area (Å²) in [5.74, 6) is 0.711. The van der Waals surface area contributed by atoms with Crippen molar-refractivity contribution in [3.63, 3.8) is 0 Å². The van der Waals surface area contributed by atoms with Gasteiger partial charge in [-0.3, -0.25) is 9.47 Å². The van der Waals surface area contributed by atoms with Crippen molar-refractivity contribution in [1.82, 2.24) is 14.2 Å². The summed E-state index contributed by atoms with van der Waals surface area (Å²) in [6.07, 6.45) is 2.87. The van der Waals surface area contributed by atoms with Crippen LogP contribution in [0.5, 0.6) is 5.75 Å². The van der Waals surface area contributed by atoms with Crippen molar-refractivity contribution >= 4 is 45.1 Å². The third-order valence-corrected chi connectivity index (χ3v) is 6.65. The number of aromatic nitrogens is 3. The van der Waals surface area contributed by atoms with E-state index in [0.29, 0.717) is 44.7 Å². The van der Waals surface area contributed by atoms with E-state index < -0.39 is 0 Å². The Labute approximate surface area is 212 Å². The molecule has 0 aliphatic carbocycles. The molecule has 2 aromatic heterocycles. The number of fused-ring (bicyclic) bond motifs is 2. The Morgan fingerprint density at radius 1 is 1.00 bits per heavy atom. The average Bonchev–Trinajstić information content (AvgIpc) is 3.23. The lowest BCUT2D eigenvalue weighted by Crippen LogP contribution is -2.21. The van der Waals surface area contributed by atoms with E-state index in [4.69, 9.17) is 32.9 Å². The van der Waals surface area contributed by atoms with E-state index in [1.807, 2.05) is 59.4 Å². The molecular formula is C27H24Cl2N4O2. The number of aryl methyl sites for hydroxylation is 1. The minimum absolute atomic E-state index is 0.221. The van der Waals surface area contributed by atoms with Gasteiger partial charge in [0.25, 0.3) is 5.56 Å². The molecule has 0 spiro atoms. The van der Waals surface area contributed by atoms with E-state index in [1.54, 1.807) is 23.7 Å². The SMILES string of the molecule is CCCNn1cc(-c2nc3cc(Cl)c(Cl)cc3n(C)c2=O)c2cc(OCc3ccccc3)ccc21. The fourth-order valence-corrected chi connectivity index (χ4v) is 4.40. The third-order valence-electron chi connectivity index (χ3n) is 5.93. The number of hydrogen-bond donors (Lipinski definition) is 1. The van der Waals surface area contributed by atoms with Crippen molar-refractivity contribution < 1.29 is 4.74 Å². The Kier molecular flexibility index (Phi) is 6.41. The molecule has 0 fully saturated rings. The third kappa shape index (κ3) is 4.47. The maximum atomic E-state index is 13.4. The van der Waals surface area contributed by atoms with Gasteiger partial charge >= 0.3 is 0 Å². The van der Waals surface area contributed by atoms with Crippen molar-refractivity contribution in [2.75, 3.05) is 12.0 Å². The molecule has 0 aliphatic heterocycles. The predicted octanol–water partition coefficient (Wildman–Crippen LogP) is 6.39. The lowest BCUT2D eigenvalue weighted by atomic mass is 10.1. The van der Waals surface area contributed by atoms with Gasteiger partial charge in [0.2, 0.25) is 0 Å². The van der Waals surface area contributed by atoms with Crippen LogP contribution in [0, 0.1) is 0 Å². The smallest absolute Gasteiger partial charge is 0.277 e. The molecule has 0 saturated heterocycles. The van der Waals surface area contributed by atoms with Crippen LogP contribution < -0.4 is 15.7 Å². The Morgan fingerprint density at radius 2 is 1.77 bits per heavy atom. The topological polar surface area (TPSA) is 61.1 Å². The Balaban J connectivity index is 1.65. The van der Waals surface area contributed by atoms with Crippen molar-refractivity contribution in [1.29, 1.82) is 0 Å². The summed E-state index contributed by atoms with van der Waals surface area (Å²) < 4.78 is 9.56. The molecule has 35 heavy (non-hydrogen) atoms. The van der Waals surface area contributed by atoms with Crippen molar-refractivity contribution in [2.45, 2.75) is 20.0 Å². The fourth-order valence-electron chi connectivity index (χ4n) is 4.09. The highest BCUT2D eigenvalue weighted by atomic mass is 35.5. The van der Waals surface area contributed by atoms with Crippen molar-refractivity contribution in [3.05, 3.63) is 92.8 Å². The largest absolute Gasteiger partial charge is 0.489 e. The number of ether oxygens (including phenoxy) is 1. The number of benzene rings is 3. The van der Waals surface area contributed by atoms with E-state index in [1.165, 1.54) is 0 Å². The van der Waals surface area contributed by atoms with E-state index in [2.05, 4.69) is 12.3 Å². The Bertz CT molecular complexity index is 1590. The second-order valence-corrected chi connectivity index (χ2v) is 9.17. The zero-order valence-electron chi connectivity index (χ0n) is 19.4. The molecule has 1 N–H and O–H groups in total. The number of hydrogen-bond acceptors (Lipinski definition) is 4. The molecule has 0 atom stereocenters. The molecule has 2 heterocycles. The summed E-state index contributed by atoms with van der Waals surface area (Å²) >= 11 is 12.4. The van der Waals surface area contributed by atoms with Gasteiger partial charge in [0.05, 0.1) is 26.6 Å². The minimum Gasteiger partial charge on any atom is -0.489 e. The molecule has 0 amide bonds. The Morgan fingerprint density at radius 3 is 2.54 bits per heavy atom. The van der Waals surface area contributed by atoms with Crippen LogP contribution in [0.15, 0.2) is 71.7 Å². The lowest BCUT2D eigenvalue weighted by Gasteiger charge is -2.10. The molecule has 3 aromatic carbocycles. The molecule has 8 heteroatoms. The quantitative estimate of drug-likeness (QED) is 0.277. The van der Waals surface area contributed by atoms with Crippen LogP contribution in [0.2, 0.25) is 10.0 Å². The maximum Gasteiger partial charge on any atom is 0.277 e. The second kappa shape index (κ2) is 9.64. The van der Waals surface area contributed by atoms with Gasteiger partial charge in [0.1, 0.15) is 18.1 Å². The van der Waals surface area contributed by atoms with Crippen molar-refractivity contribution in [2.24, 2.45) is 7.05 Å². The summed E-state index contributed by atoms with van der Waals surface area (Å²) in [4.78, 5) is 18.1. The minimum atomic E-state index is -0.221. The average molecular weight is 507 g/mol. The summed E-state index contributed by atoms with van der Waals surface area (Å²) in [6.45, 7) is 3.34. The van der Waals surface area contributed by atoms with Crippen LogP contribution in [0.25, 0.3) is 33.2 Å². The maximum absolute atomic E-state index is 13.4. The van der Waals surface area contributed by atoms with Crippen LogP contribution in [0.3, 0.4) is 0 Å². The summed E-state index contributed by atoms with van der Waals surface area (Å²) in [5.41, 5.74) is 7.44. The highest BCUT2D eigenvalue weighted by Crippen LogP contribution is 2.33. The Hall–Kier alpha value is -3.48. The van der Waals surface area contributed by atoms with E-state index in [9.17, 15) is 4.79 Å². The molecule has 178 valence electrons. The molecule has 0 saturated carbocycles. The number of halogens is 2. The molecule has 0 unspecified atom stereocenters. The first kappa shape index (κ1) is 23.3. The summed E-state index contributed by atoms with van der Waals surface area (Å²) in [7, 11) is 1.71. The predicted molar refractivity (Wildman–Crippen MR) is 143 cm³/mol. The van der Waals surface area contributed by atoms with Crippen LogP contribution >= 0.6 is 23.2 Å². The standard InChI is InChI=1S/C27H24Cl2N4O2/c1-3-11-30-33-15-20(26-27(34)32(2)25-14-22(29)21(28)13-23(25)31-26)19-12-18(9-10-24(19)33)35-16-17-7-5-4-6-8-17/h4-10,12-15,30H,3,11,16H2,1-2H3. The van der Waals surface area contributed by atoms with Gasteiger partial charge in [-0.2, -0.15) is 0 Å².